The standard InChI is InChI=1S/C19H23NO2/c1-11(2)16-12(3)15-10-13-6-4-8-20-9-5-7-14(17(13)20)18(15)22-19(16)21/h10-11H,4-9H2,1-3H3. The van der Waals surface area contributed by atoms with Crippen LogP contribution in [0.25, 0.3) is 11.0 Å². The molecular weight excluding hydrogens is 274 g/mol. The Labute approximate surface area is 130 Å². The van der Waals surface area contributed by atoms with Gasteiger partial charge in [0.1, 0.15) is 5.58 Å². The Morgan fingerprint density at radius 1 is 1.18 bits per heavy atom. The molecule has 116 valence electrons. The van der Waals surface area contributed by atoms with Crippen molar-refractivity contribution in [2.24, 2.45) is 0 Å². The molecule has 0 bridgehead atoms. The largest absolute Gasteiger partial charge is 0.422 e. The van der Waals surface area contributed by atoms with Gasteiger partial charge in [0, 0.05) is 35.3 Å². The van der Waals surface area contributed by atoms with Gasteiger partial charge < -0.3 is 9.32 Å². The number of hydrogen-bond donors (Lipinski definition) is 0. The normalized spacial score (nSPS) is 17.2. The molecule has 22 heavy (non-hydrogen) atoms. The van der Waals surface area contributed by atoms with Gasteiger partial charge in [0.15, 0.2) is 0 Å². The Morgan fingerprint density at radius 2 is 1.91 bits per heavy atom. The Kier molecular flexibility index (Phi) is 3.07. The van der Waals surface area contributed by atoms with Gasteiger partial charge in [-0.25, -0.2) is 4.79 Å². The van der Waals surface area contributed by atoms with E-state index in [1.165, 1.54) is 23.2 Å². The molecule has 2 aliphatic rings. The van der Waals surface area contributed by atoms with E-state index in [-0.39, 0.29) is 11.5 Å². The van der Waals surface area contributed by atoms with Crippen molar-refractivity contribution in [1.82, 2.24) is 0 Å². The first-order valence-corrected chi connectivity index (χ1v) is 8.45. The first-order chi connectivity index (χ1) is 10.6. The van der Waals surface area contributed by atoms with Crippen molar-refractivity contribution < 1.29 is 4.42 Å². The van der Waals surface area contributed by atoms with Gasteiger partial charge >= 0.3 is 5.63 Å². The maximum absolute atomic E-state index is 12.5. The van der Waals surface area contributed by atoms with Gasteiger partial charge in [0.05, 0.1) is 0 Å². The van der Waals surface area contributed by atoms with E-state index < -0.39 is 0 Å². The summed E-state index contributed by atoms with van der Waals surface area (Å²) in [5.41, 5.74) is 6.73. The second-order valence-corrected chi connectivity index (χ2v) is 7.02. The summed E-state index contributed by atoms with van der Waals surface area (Å²) < 4.78 is 5.82. The van der Waals surface area contributed by atoms with Crippen LogP contribution in [0.15, 0.2) is 15.3 Å². The average molecular weight is 297 g/mol. The lowest BCUT2D eigenvalue weighted by atomic mass is 9.88. The van der Waals surface area contributed by atoms with Gasteiger partial charge in [-0.1, -0.05) is 13.8 Å². The molecule has 2 aromatic rings. The summed E-state index contributed by atoms with van der Waals surface area (Å²) in [5, 5.41) is 1.15. The van der Waals surface area contributed by atoms with E-state index in [9.17, 15) is 4.79 Å². The summed E-state index contributed by atoms with van der Waals surface area (Å²) in [4.78, 5) is 14.9. The lowest BCUT2D eigenvalue weighted by Crippen LogP contribution is -2.34. The molecule has 1 aromatic carbocycles. The maximum atomic E-state index is 12.5. The van der Waals surface area contributed by atoms with E-state index in [0.29, 0.717) is 0 Å². The van der Waals surface area contributed by atoms with Gasteiger partial charge in [-0.3, -0.25) is 0 Å². The lowest BCUT2D eigenvalue weighted by Gasteiger charge is -2.37. The number of hydrogen-bond acceptors (Lipinski definition) is 3. The summed E-state index contributed by atoms with van der Waals surface area (Å²) in [7, 11) is 0. The maximum Gasteiger partial charge on any atom is 0.339 e. The molecule has 3 heterocycles. The zero-order valence-corrected chi connectivity index (χ0v) is 13.7. The zero-order valence-electron chi connectivity index (χ0n) is 13.7. The SMILES string of the molecule is Cc1c(C(C)C)c(=O)oc2c3c4c(cc12)CCCN4CCC3. The van der Waals surface area contributed by atoms with Crippen LogP contribution in [0.5, 0.6) is 0 Å². The zero-order chi connectivity index (χ0) is 15.4. The molecule has 3 heteroatoms. The molecule has 1 aromatic heterocycles. The van der Waals surface area contributed by atoms with Crippen LogP contribution in [0.2, 0.25) is 0 Å². The highest BCUT2D eigenvalue weighted by Gasteiger charge is 2.28. The topological polar surface area (TPSA) is 33.5 Å². The third-order valence-corrected chi connectivity index (χ3v) is 5.27. The smallest absolute Gasteiger partial charge is 0.339 e. The van der Waals surface area contributed by atoms with Gasteiger partial charge in [-0.05, 0) is 55.7 Å². The van der Waals surface area contributed by atoms with E-state index >= 15 is 0 Å². The van der Waals surface area contributed by atoms with Gasteiger partial charge in [0.25, 0.3) is 0 Å². The van der Waals surface area contributed by atoms with Crippen LogP contribution in [0, 0.1) is 6.92 Å². The van der Waals surface area contributed by atoms with Crippen molar-refractivity contribution in [3.63, 3.8) is 0 Å². The van der Waals surface area contributed by atoms with Crippen molar-refractivity contribution >= 4 is 16.7 Å². The molecule has 2 aliphatic heterocycles. The quantitative estimate of drug-likeness (QED) is 0.748. The van der Waals surface area contributed by atoms with E-state index in [1.807, 2.05) is 0 Å². The third-order valence-electron chi connectivity index (χ3n) is 5.27. The molecule has 0 atom stereocenters. The molecule has 0 unspecified atom stereocenters. The number of benzene rings is 1. The first-order valence-electron chi connectivity index (χ1n) is 8.45. The van der Waals surface area contributed by atoms with Crippen LogP contribution < -0.4 is 10.5 Å². The molecule has 0 amide bonds. The molecule has 0 N–H and O–H groups in total. The van der Waals surface area contributed by atoms with Crippen LogP contribution >= 0.6 is 0 Å². The minimum atomic E-state index is -0.149. The number of aryl methyl sites for hydroxylation is 3. The van der Waals surface area contributed by atoms with Crippen molar-refractivity contribution in [2.45, 2.75) is 52.4 Å². The number of nitrogens with zero attached hydrogens (tertiary/aromatic N) is 1. The van der Waals surface area contributed by atoms with Crippen molar-refractivity contribution in [2.75, 3.05) is 18.0 Å². The third kappa shape index (κ3) is 1.84. The summed E-state index contributed by atoms with van der Waals surface area (Å²) >= 11 is 0. The predicted octanol–water partition coefficient (Wildman–Crippen LogP) is 3.92. The Bertz CT molecular complexity index is 815. The highest BCUT2D eigenvalue weighted by Crippen LogP contribution is 2.41. The Hall–Kier alpha value is -1.77. The van der Waals surface area contributed by atoms with Gasteiger partial charge in [-0.2, -0.15) is 0 Å². The number of rotatable bonds is 1. The van der Waals surface area contributed by atoms with Crippen LogP contribution in [-0.2, 0) is 12.8 Å². The molecule has 0 radical (unpaired) electrons. The molecular formula is C19H23NO2. The minimum Gasteiger partial charge on any atom is -0.422 e. The summed E-state index contributed by atoms with van der Waals surface area (Å²) in [6, 6.07) is 2.29. The second kappa shape index (κ2) is 4.87. The number of fused-ring (bicyclic) bond motifs is 2. The van der Waals surface area contributed by atoms with E-state index in [0.717, 1.165) is 54.4 Å². The Balaban J connectivity index is 2.11. The fourth-order valence-corrected chi connectivity index (χ4v) is 4.34. The molecule has 4 rings (SSSR count). The highest BCUT2D eigenvalue weighted by molar-refractivity contribution is 5.91. The van der Waals surface area contributed by atoms with E-state index in [4.69, 9.17) is 4.42 Å². The fraction of sp³-hybridized carbons (Fsp3) is 0.526. The average Bonchev–Trinajstić information content (AvgIpc) is 2.49. The summed E-state index contributed by atoms with van der Waals surface area (Å²) in [6.07, 6.45) is 4.55. The Morgan fingerprint density at radius 3 is 2.64 bits per heavy atom. The molecule has 0 fully saturated rings. The second-order valence-electron chi connectivity index (χ2n) is 7.02. The number of anilines is 1. The van der Waals surface area contributed by atoms with E-state index in [1.54, 1.807) is 0 Å². The summed E-state index contributed by atoms with van der Waals surface area (Å²) in [5.74, 6) is 0.199. The predicted molar refractivity (Wildman–Crippen MR) is 90.2 cm³/mol. The molecule has 0 spiro atoms. The first kappa shape index (κ1) is 13.9. The van der Waals surface area contributed by atoms with Crippen LogP contribution in [0.1, 0.15) is 54.9 Å². The molecule has 0 aliphatic carbocycles. The van der Waals surface area contributed by atoms with Crippen LogP contribution in [0.4, 0.5) is 5.69 Å². The van der Waals surface area contributed by atoms with Crippen LogP contribution in [-0.4, -0.2) is 13.1 Å². The van der Waals surface area contributed by atoms with Crippen molar-refractivity contribution in [3.8, 4) is 0 Å². The lowest BCUT2D eigenvalue weighted by molar-refractivity contribution is 0.533. The molecule has 0 saturated heterocycles. The van der Waals surface area contributed by atoms with E-state index in [2.05, 4.69) is 31.7 Å². The van der Waals surface area contributed by atoms with Crippen molar-refractivity contribution in [1.29, 1.82) is 0 Å². The minimum absolute atomic E-state index is 0.149. The molecule has 3 nitrogen and oxygen atoms in total. The highest BCUT2D eigenvalue weighted by atomic mass is 16.4. The molecule has 0 saturated carbocycles. The monoisotopic (exact) mass is 297 g/mol. The van der Waals surface area contributed by atoms with Gasteiger partial charge in [0.2, 0.25) is 0 Å². The summed E-state index contributed by atoms with van der Waals surface area (Å²) in [6.45, 7) is 8.49. The fourth-order valence-electron chi connectivity index (χ4n) is 4.34. The van der Waals surface area contributed by atoms with Crippen molar-refractivity contribution in [3.05, 3.63) is 38.7 Å². The van der Waals surface area contributed by atoms with Gasteiger partial charge in [-0.15, -0.1) is 0 Å². The van der Waals surface area contributed by atoms with Crippen LogP contribution in [0.3, 0.4) is 0 Å².